The van der Waals surface area contributed by atoms with E-state index in [-0.39, 0.29) is 0 Å². The summed E-state index contributed by atoms with van der Waals surface area (Å²) < 4.78 is 18.6. The van der Waals surface area contributed by atoms with E-state index in [4.69, 9.17) is 24.3 Å². The average molecular weight is 467 g/mol. The highest BCUT2D eigenvalue weighted by molar-refractivity contribution is 6.09. The maximum absolute atomic E-state index is 5.57. The van der Waals surface area contributed by atoms with Crippen molar-refractivity contribution in [1.82, 2.24) is 20.1 Å². The number of ether oxygens (including phenoxy) is 3. The summed E-state index contributed by atoms with van der Waals surface area (Å²) in [5.41, 5.74) is 7.36. The molecular formula is C28H26N4O3. The van der Waals surface area contributed by atoms with Crippen molar-refractivity contribution in [3.05, 3.63) is 71.9 Å². The molecule has 0 saturated carbocycles. The van der Waals surface area contributed by atoms with Gasteiger partial charge in [0.05, 0.1) is 38.1 Å². The van der Waals surface area contributed by atoms with E-state index in [0.717, 1.165) is 64.0 Å². The fourth-order valence-corrected chi connectivity index (χ4v) is 4.87. The highest BCUT2D eigenvalue weighted by atomic mass is 16.5. The van der Waals surface area contributed by atoms with Crippen LogP contribution in [0.15, 0.2) is 60.8 Å². The van der Waals surface area contributed by atoms with Gasteiger partial charge in [-0.25, -0.2) is 4.68 Å². The predicted molar refractivity (Wildman–Crippen MR) is 137 cm³/mol. The minimum absolute atomic E-state index is 0.657. The topological polar surface area (TPSA) is 70.4 Å². The summed E-state index contributed by atoms with van der Waals surface area (Å²) in [5.74, 6) is 2.12. The highest BCUT2D eigenvalue weighted by Crippen LogP contribution is 2.38. The first-order valence-corrected chi connectivity index (χ1v) is 11.6. The smallest absolute Gasteiger partial charge is 0.161 e. The molecule has 1 N–H and O–H groups in total. The zero-order chi connectivity index (χ0) is 23.9. The van der Waals surface area contributed by atoms with E-state index in [2.05, 4.69) is 23.5 Å². The second-order valence-electron chi connectivity index (χ2n) is 8.61. The van der Waals surface area contributed by atoms with Crippen LogP contribution in [0.1, 0.15) is 11.1 Å². The summed E-state index contributed by atoms with van der Waals surface area (Å²) in [7, 11) is 4.96. The summed E-state index contributed by atoms with van der Waals surface area (Å²) in [5, 5.41) is 10.5. The zero-order valence-electron chi connectivity index (χ0n) is 20.0. The monoisotopic (exact) mass is 466 g/mol. The van der Waals surface area contributed by atoms with Crippen LogP contribution in [0, 0.1) is 0 Å². The molecule has 0 unspecified atom stereocenters. The number of pyridine rings is 1. The molecule has 2 aromatic heterocycles. The van der Waals surface area contributed by atoms with E-state index in [1.165, 1.54) is 11.1 Å². The van der Waals surface area contributed by atoms with Gasteiger partial charge in [-0.3, -0.25) is 4.98 Å². The van der Waals surface area contributed by atoms with E-state index in [1.54, 1.807) is 21.3 Å². The molecule has 1 aliphatic heterocycles. The number of fused-ring (bicyclic) bond motifs is 4. The molecule has 0 radical (unpaired) electrons. The third-order valence-electron chi connectivity index (χ3n) is 6.69. The Morgan fingerprint density at radius 3 is 2.54 bits per heavy atom. The minimum Gasteiger partial charge on any atom is -0.497 e. The van der Waals surface area contributed by atoms with Crippen LogP contribution in [0.3, 0.4) is 0 Å². The van der Waals surface area contributed by atoms with Crippen molar-refractivity contribution in [3.63, 3.8) is 0 Å². The lowest BCUT2D eigenvalue weighted by atomic mass is 10.0. The predicted octanol–water partition coefficient (Wildman–Crippen LogP) is 4.91. The Labute approximate surface area is 203 Å². The molecule has 0 fully saturated rings. The number of methoxy groups -OCH3 is 3. The molecule has 7 nitrogen and oxygen atoms in total. The standard InChI is InChI=1S/C28H26N4O3/c1-33-21-7-8-24-22(14-21)28-23(16-30-24)27(18-5-9-25(34-2)26(13-18)35-3)31-32(28)20-6-4-19-15-29-11-10-17(19)12-20/h4-9,12-14,16,29H,10-11,15H2,1-3H3. The van der Waals surface area contributed by atoms with Gasteiger partial charge in [-0.05, 0) is 72.6 Å². The first-order valence-electron chi connectivity index (χ1n) is 11.6. The Morgan fingerprint density at radius 2 is 1.71 bits per heavy atom. The van der Waals surface area contributed by atoms with Crippen molar-refractivity contribution in [2.45, 2.75) is 13.0 Å². The van der Waals surface area contributed by atoms with E-state index >= 15 is 0 Å². The van der Waals surface area contributed by atoms with Gasteiger partial charge in [0.2, 0.25) is 0 Å². The molecule has 7 heteroatoms. The molecule has 0 spiro atoms. The average Bonchev–Trinajstić information content (AvgIpc) is 3.32. The van der Waals surface area contributed by atoms with E-state index in [9.17, 15) is 0 Å². The van der Waals surface area contributed by atoms with Crippen LogP contribution in [-0.4, -0.2) is 42.6 Å². The fraction of sp³-hybridized carbons (Fsp3) is 0.214. The quantitative estimate of drug-likeness (QED) is 0.397. The Hall–Kier alpha value is -4.10. The van der Waals surface area contributed by atoms with E-state index in [0.29, 0.717) is 11.5 Å². The van der Waals surface area contributed by atoms with Gasteiger partial charge in [0, 0.05) is 29.1 Å². The van der Waals surface area contributed by atoms with Gasteiger partial charge >= 0.3 is 0 Å². The largest absolute Gasteiger partial charge is 0.497 e. The van der Waals surface area contributed by atoms with Gasteiger partial charge in [-0.15, -0.1) is 0 Å². The molecule has 0 amide bonds. The van der Waals surface area contributed by atoms with Crippen LogP contribution < -0.4 is 19.5 Å². The van der Waals surface area contributed by atoms with Crippen molar-refractivity contribution < 1.29 is 14.2 Å². The van der Waals surface area contributed by atoms with Crippen LogP contribution in [-0.2, 0) is 13.0 Å². The molecule has 1 aliphatic rings. The minimum atomic E-state index is 0.657. The van der Waals surface area contributed by atoms with Gasteiger partial charge in [-0.2, -0.15) is 5.10 Å². The molecule has 0 saturated heterocycles. The van der Waals surface area contributed by atoms with Crippen molar-refractivity contribution in [3.8, 4) is 34.2 Å². The first kappa shape index (κ1) is 21.4. The summed E-state index contributed by atoms with van der Waals surface area (Å²) in [6.45, 7) is 1.88. The third-order valence-corrected chi connectivity index (χ3v) is 6.69. The lowest BCUT2D eigenvalue weighted by molar-refractivity contribution is 0.355. The third kappa shape index (κ3) is 3.56. The van der Waals surface area contributed by atoms with Crippen LogP contribution in [0.25, 0.3) is 38.8 Å². The maximum atomic E-state index is 5.57. The number of nitrogens with one attached hydrogen (secondary N) is 1. The van der Waals surface area contributed by atoms with Crippen molar-refractivity contribution in [1.29, 1.82) is 0 Å². The Morgan fingerprint density at radius 1 is 0.829 bits per heavy atom. The molecule has 3 heterocycles. The van der Waals surface area contributed by atoms with Gasteiger partial charge in [0.15, 0.2) is 11.5 Å². The lowest BCUT2D eigenvalue weighted by Gasteiger charge is -2.18. The van der Waals surface area contributed by atoms with Crippen LogP contribution in [0.2, 0.25) is 0 Å². The number of benzene rings is 3. The number of rotatable bonds is 5. The molecular weight excluding hydrogens is 440 g/mol. The normalized spacial score (nSPS) is 13.1. The molecule has 176 valence electrons. The van der Waals surface area contributed by atoms with Crippen LogP contribution in [0.5, 0.6) is 17.2 Å². The lowest BCUT2D eigenvalue weighted by Crippen LogP contribution is -2.23. The molecule has 5 aromatic rings. The SMILES string of the molecule is COc1ccc2ncc3c(-c4ccc(OC)c(OC)c4)nn(-c4ccc5c(c4)CCNC5)c3c2c1. The number of hydrogen-bond acceptors (Lipinski definition) is 6. The second-order valence-corrected chi connectivity index (χ2v) is 8.61. The second kappa shape index (κ2) is 8.60. The Kier molecular flexibility index (Phi) is 5.26. The molecule has 0 aliphatic carbocycles. The Balaban J connectivity index is 1.65. The van der Waals surface area contributed by atoms with Gasteiger partial charge < -0.3 is 19.5 Å². The first-order chi connectivity index (χ1) is 17.2. The van der Waals surface area contributed by atoms with E-state index in [1.807, 2.05) is 47.3 Å². The summed E-state index contributed by atoms with van der Waals surface area (Å²) in [4.78, 5) is 4.75. The zero-order valence-corrected chi connectivity index (χ0v) is 20.0. The van der Waals surface area contributed by atoms with Gasteiger partial charge in [0.1, 0.15) is 11.4 Å². The molecule has 6 rings (SSSR count). The molecule has 0 bridgehead atoms. The Bertz CT molecular complexity index is 1570. The molecule has 35 heavy (non-hydrogen) atoms. The molecule has 3 aromatic carbocycles. The summed E-state index contributed by atoms with van der Waals surface area (Å²) in [6.07, 6.45) is 2.91. The highest BCUT2D eigenvalue weighted by Gasteiger charge is 2.20. The van der Waals surface area contributed by atoms with Crippen molar-refractivity contribution in [2.75, 3.05) is 27.9 Å². The van der Waals surface area contributed by atoms with Crippen molar-refractivity contribution >= 4 is 21.8 Å². The van der Waals surface area contributed by atoms with E-state index < -0.39 is 0 Å². The maximum Gasteiger partial charge on any atom is 0.161 e. The number of aromatic nitrogens is 3. The molecule has 0 atom stereocenters. The van der Waals surface area contributed by atoms with Gasteiger partial charge in [-0.1, -0.05) is 6.07 Å². The number of hydrogen-bond donors (Lipinski definition) is 1. The van der Waals surface area contributed by atoms with Crippen LogP contribution >= 0.6 is 0 Å². The number of nitrogens with zero attached hydrogens (tertiary/aromatic N) is 3. The van der Waals surface area contributed by atoms with Gasteiger partial charge in [0.25, 0.3) is 0 Å². The summed E-state index contributed by atoms with van der Waals surface area (Å²) in [6, 6.07) is 18.4. The van der Waals surface area contributed by atoms with Crippen LogP contribution in [0.4, 0.5) is 0 Å². The summed E-state index contributed by atoms with van der Waals surface area (Å²) >= 11 is 0. The van der Waals surface area contributed by atoms with Crippen molar-refractivity contribution in [2.24, 2.45) is 0 Å². The fourth-order valence-electron chi connectivity index (χ4n) is 4.87.